The second-order valence-electron chi connectivity index (χ2n) is 5.99. The quantitative estimate of drug-likeness (QED) is 0.479. The van der Waals surface area contributed by atoms with Gasteiger partial charge in [0.05, 0.1) is 16.2 Å². The number of hydrogen-bond acceptors (Lipinski definition) is 7. The van der Waals surface area contributed by atoms with Gasteiger partial charge in [-0.1, -0.05) is 0 Å². The van der Waals surface area contributed by atoms with Crippen molar-refractivity contribution in [1.82, 2.24) is 0 Å². The Hall–Kier alpha value is -3.25. The molecule has 1 aromatic heterocycles. The van der Waals surface area contributed by atoms with E-state index in [1.54, 1.807) is 6.07 Å². The average molecular weight is 385 g/mol. The van der Waals surface area contributed by atoms with E-state index < -0.39 is 23.4 Å². The summed E-state index contributed by atoms with van der Waals surface area (Å²) < 4.78 is 5.04. The number of nitrogens with zero attached hydrogens (tertiary/aromatic N) is 2. The monoisotopic (exact) mass is 385 g/mol. The van der Waals surface area contributed by atoms with Crippen molar-refractivity contribution in [3.05, 3.63) is 55.3 Å². The second kappa shape index (κ2) is 7.97. The molecule has 1 aliphatic rings. The topological polar surface area (TPSA) is 122 Å². The molecule has 9 heteroatoms. The predicted octanol–water partition coefficient (Wildman–Crippen LogP) is 3.20. The molecule has 0 atom stereocenters. The molecular formula is C18H15N3O5S. The minimum Gasteiger partial charge on any atom is -0.451 e. The molecule has 1 aliphatic carbocycles. The van der Waals surface area contributed by atoms with Crippen molar-refractivity contribution in [2.45, 2.75) is 25.7 Å². The molecule has 1 N–H and O–H groups in total. The molecule has 0 saturated carbocycles. The highest BCUT2D eigenvalue weighted by molar-refractivity contribution is 7.14. The summed E-state index contributed by atoms with van der Waals surface area (Å²) in [4.78, 5) is 35.9. The molecule has 0 aliphatic heterocycles. The van der Waals surface area contributed by atoms with Crippen molar-refractivity contribution in [3.8, 4) is 6.07 Å². The number of rotatable bonds is 5. The summed E-state index contributed by atoms with van der Waals surface area (Å²) >= 11 is 1.40. The average Bonchev–Trinajstić information content (AvgIpc) is 3.10. The largest absolute Gasteiger partial charge is 0.451 e. The summed E-state index contributed by atoms with van der Waals surface area (Å²) in [6, 6.07) is 7.13. The minimum atomic E-state index is -0.630. The number of thiophene rings is 1. The summed E-state index contributed by atoms with van der Waals surface area (Å²) in [6.45, 7) is -0.511. The van der Waals surface area contributed by atoms with Crippen molar-refractivity contribution in [2.75, 3.05) is 11.9 Å². The summed E-state index contributed by atoms with van der Waals surface area (Å²) in [5, 5.41) is 22.2. The van der Waals surface area contributed by atoms with Gasteiger partial charge in [0.1, 0.15) is 10.9 Å². The second-order valence-corrected chi connectivity index (χ2v) is 7.13. The molecular weight excluding hydrogens is 370 g/mol. The lowest BCUT2D eigenvalue weighted by Crippen LogP contribution is -2.21. The Bertz CT molecular complexity index is 937. The number of nitriles is 1. The molecule has 0 spiro atoms. The molecule has 8 nitrogen and oxygen atoms in total. The number of aryl methyl sites for hydroxylation is 2. The van der Waals surface area contributed by atoms with Crippen LogP contribution in [-0.4, -0.2) is 23.4 Å². The zero-order valence-electron chi connectivity index (χ0n) is 14.2. The van der Waals surface area contributed by atoms with Crippen molar-refractivity contribution in [1.29, 1.82) is 5.26 Å². The van der Waals surface area contributed by atoms with Gasteiger partial charge in [-0.15, -0.1) is 11.3 Å². The Morgan fingerprint density at radius 1 is 1.30 bits per heavy atom. The summed E-state index contributed by atoms with van der Waals surface area (Å²) in [5.41, 5.74) is 0.996. The number of fused-ring (bicyclic) bond motifs is 1. The third-order valence-corrected chi connectivity index (χ3v) is 5.36. The first kappa shape index (κ1) is 18.5. The molecule has 0 fully saturated rings. The number of nitro groups is 1. The smallest absolute Gasteiger partial charge is 0.348 e. The van der Waals surface area contributed by atoms with E-state index in [0.29, 0.717) is 4.88 Å². The van der Waals surface area contributed by atoms with Crippen LogP contribution in [-0.2, 0) is 22.4 Å². The summed E-state index contributed by atoms with van der Waals surface area (Å²) in [5.74, 6) is -1.19. The molecule has 0 saturated heterocycles. The van der Waals surface area contributed by atoms with Crippen LogP contribution < -0.4 is 5.32 Å². The Kier molecular flexibility index (Phi) is 5.47. The van der Waals surface area contributed by atoms with E-state index in [9.17, 15) is 19.7 Å². The SMILES string of the molecule is N#Cc1cc([N+](=O)[O-])ccc1NC(=O)COC(=O)c1cc2c(s1)CCCC2. The first-order valence-corrected chi connectivity index (χ1v) is 9.06. The molecule has 0 unspecified atom stereocenters. The molecule has 138 valence electrons. The number of anilines is 1. The van der Waals surface area contributed by atoms with Crippen molar-refractivity contribution >= 4 is 34.6 Å². The number of ether oxygens (including phenoxy) is 1. The van der Waals surface area contributed by atoms with Gasteiger partial charge in [0.25, 0.3) is 11.6 Å². The molecule has 3 rings (SSSR count). The van der Waals surface area contributed by atoms with Gasteiger partial charge in [0, 0.05) is 17.0 Å². The zero-order valence-corrected chi connectivity index (χ0v) is 15.0. The fourth-order valence-electron chi connectivity index (χ4n) is 2.83. The highest BCUT2D eigenvalue weighted by Gasteiger charge is 2.19. The van der Waals surface area contributed by atoms with Crippen LogP contribution in [0.15, 0.2) is 24.3 Å². The van der Waals surface area contributed by atoms with Gasteiger partial charge in [-0.2, -0.15) is 5.26 Å². The van der Waals surface area contributed by atoms with Crippen LogP contribution >= 0.6 is 11.3 Å². The van der Waals surface area contributed by atoms with E-state index in [1.165, 1.54) is 33.9 Å². The van der Waals surface area contributed by atoms with Crippen LogP contribution in [0, 0.1) is 21.4 Å². The number of nitrogens with one attached hydrogen (secondary N) is 1. The number of amides is 1. The third kappa shape index (κ3) is 4.30. The fourth-order valence-corrected chi connectivity index (χ4v) is 3.97. The number of nitro benzene ring substituents is 1. The van der Waals surface area contributed by atoms with Crippen LogP contribution in [0.25, 0.3) is 0 Å². The summed E-state index contributed by atoms with van der Waals surface area (Å²) in [6.07, 6.45) is 4.14. The maximum atomic E-state index is 12.1. The highest BCUT2D eigenvalue weighted by atomic mass is 32.1. The molecule has 1 aromatic carbocycles. The Balaban J connectivity index is 1.60. The molecule has 1 heterocycles. The van der Waals surface area contributed by atoms with E-state index >= 15 is 0 Å². The van der Waals surface area contributed by atoms with E-state index in [4.69, 9.17) is 10.00 Å². The lowest BCUT2D eigenvalue weighted by atomic mass is 9.99. The maximum Gasteiger partial charge on any atom is 0.348 e. The first-order chi connectivity index (χ1) is 13.0. The Morgan fingerprint density at radius 2 is 2.07 bits per heavy atom. The Labute approximate surface area is 158 Å². The third-order valence-electron chi connectivity index (χ3n) is 4.14. The lowest BCUT2D eigenvalue weighted by molar-refractivity contribution is -0.384. The van der Waals surface area contributed by atoms with Crippen molar-refractivity contribution in [2.24, 2.45) is 0 Å². The van der Waals surface area contributed by atoms with Gasteiger partial charge in [-0.3, -0.25) is 14.9 Å². The van der Waals surface area contributed by atoms with E-state index in [1.807, 2.05) is 6.07 Å². The van der Waals surface area contributed by atoms with Gasteiger partial charge in [0.2, 0.25) is 0 Å². The number of hydrogen-bond donors (Lipinski definition) is 1. The van der Waals surface area contributed by atoms with Crippen LogP contribution in [0.3, 0.4) is 0 Å². The van der Waals surface area contributed by atoms with Crippen LogP contribution in [0.4, 0.5) is 11.4 Å². The van der Waals surface area contributed by atoms with Gasteiger partial charge in [-0.05, 0) is 43.4 Å². The first-order valence-electron chi connectivity index (χ1n) is 8.25. The standard InChI is InChI=1S/C18H15N3O5S/c19-9-12-7-13(21(24)25)5-6-14(12)20-17(22)10-26-18(23)16-8-11-3-1-2-4-15(11)27-16/h5-8H,1-4,10H2,(H,20,22). The van der Waals surface area contributed by atoms with Gasteiger partial charge < -0.3 is 10.1 Å². The molecule has 27 heavy (non-hydrogen) atoms. The van der Waals surface area contributed by atoms with Crippen molar-refractivity contribution < 1.29 is 19.2 Å². The van der Waals surface area contributed by atoms with Gasteiger partial charge in [0.15, 0.2) is 6.61 Å². The number of carbonyl (C=O) groups is 2. The number of benzene rings is 1. The minimum absolute atomic E-state index is 0.0465. The molecule has 1 amide bonds. The number of non-ortho nitro benzene ring substituents is 1. The normalized spacial score (nSPS) is 12.6. The maximum absolute atomic E-state index is 12.1. The van der Waals surface area contributed by atoms with E-state index in [2.05, 4.69) is 5.32 Å². The van der Waals surface area contributed by atoms with Gasteiger partial charge in [-0.25, -0.2) is 4.79 Å². The molecule has 0 radical (unpaired) electrons. The van der Waals surface area contributed by atoms with Crippen molar-refractivity contribution in [3.63, 3.8) is 0 Å². The van der Waals surface area contributed by atoms with Crippen LogP contribution in [0.1, 0.15) is 38.5 Å². The highest BCUT2D eigenvalue weighted by Crippen LogP contribution is 2.30. The number of esters is 1. The van der Waals surface area contributed by atoms with E-state index in [-0.39, 0.29) is 16.9 Å². The lowest BCUT2D eigenvalue weighted by Gasteiger charge is -2.08. The van der Waals surface area contributed by atoms with E-state index in [0.717, 1.165) is 31.7 Å². The summed E-state index contributed by atoms with van der Waals surface area (Å²) in [7, 11) is 0. The van der Waals surface area contributed by atoms with Crippen LogP contribution in [0.2, 0.25) is 0 Å². The Morgan fingerprint density at radius 3 is 2.78 bits per heavy atom. The van der Waals surface area contributed by atoms with Gasteiger partial charge >= 0.3 is 5.97 Å². The predicted molar refractivity (Wildman–Crippen MR) is 97.7 cm³/mol. The zero-order chi connectivity index (χ0) is 19.4. The molecule has 0 bridgehead atoms. The molecule has 2 aromatic rings. The van der Waals surface area contributed by atoms with Crippen LogP contribution in [0.5, 0.6) is 0 Å². The number of carbonyl (C=O) groups excluding carboxylic acids is 2. The fraction of sp³-hybridized carbons (Fsp3) is 0.278.